The SMILES string of the molecule is Cc1nn(C)cc1-n1c(C)c(C(=O)N[C@H](c2cccc(F)c2)C2CC2)c2cccc(F)c2c1=O. The van der Waals surface area contributed by atoms with E-state index < -0.39 is 17.3 Å². The van der Waals surface area contributed by atoms with E-state index in [0.717, 1.165) is 12.8 Å². The van der Waals surface area contributed by atoms with Gasteiger partial charge in [0.05, 0.1) is 28.4 Å². The number of halogens is 2. The molecule has 1 saturated carbocycles. The Labute approximate surface area is 194 Å². The maximum absolute atomic E-state index is 14.9. The summed E-state index contributed by atoms with van der Waals surface area (Å²) >= 11 is 0. The van der Waals surface area contributed by atoms with Crippen LogP contribution < -0.4 is 10.9 Å². The number of nitrogens with zero attached hydrogens (tertiary/aromatic N) is 3. The second-order valence-electron chi connectivity index (χ2n) is 8.88. The number of benzene rings is 2. The summed E-state index contributed by atoms with van der Waals surface area (Å²) in [6.45, 7) is 3.42. The van der Waals surface area contributed by atoms with Crippen LogP contribution in [0.25, 0.3) is 16.5 Å². The number of pyridine rings is 1. The average Bonchev–Trinajstić information content (AvgIpc) is 3.56. The van der Waals surface area contributed by atoms with Gasteiger partial charge in [0.1, 0.15) is 11.6 Å². The fourth-order valence-corrected chi connectivity index (χ4v) is 4.72. The highest BCUT2D eigenvalue weighted by molar-refractivity contribution is 6.08. The molecular formula is C26H24F2N4O2. The van der Waals surface area contributed by atoms with E-state index in [1.54, 1.807) is 50.0 Å². The quantitative estimate of drug-likeness (QED) is 0.475. The smallest absolute Gasteiger partial charge is 0.266 e. The average molecular weight is 463 g/mol. The summed E-state index contributed by atoms with van der Waals surface area (Å²) in [5.41, 5.74) is 1.77. The van der Waals surface area contributed by atoms with Crippen molar-refractivity contribution >= 4 is 16.7 Å². The van der Waals surface area contributed by atoms with E-state index >= 15 is 0 Å². The van der Waals surface area contributed by atoms with E-state index in [1.807, 2.05) is 0 Å². The first-order chi connectivity index (χ1) is 16.3. The van der Waals surface area contributed by atoms with Crippen LogP contribution in [0.4, 0.5) is 8.78 Å². The monoisotopic (exact) mass is 462 g/mol. The number of nitrogens with one attached hydrogen (secondary N) is 1. The number of hydrogen-bond donors (Lipinski definition) is 1. The van der Waals surface area contributed by atoms with E-state index in [9.17, 15) is 18.4 Å². The molecule has 34 heavy (non-hydrogen) atoms. The van der Waals surface area contributed by atoms with Crippen molar-refractivity contribution in [3.05, 3.63) is 93.2 Å². The van der Waals surface area contributed by atoms with Crippen molar-refractivity contribution in [3.8, 4) is 5.69 Å². The standard InChI is InChI=1S/C26H24F2N4O2/c1-14-21(13-31(3)30-14)32-15(2)22(19-8-5-9-20(28)23(19)26(32)34)25(33)29-24(16-10-11-16)17-6-4-7-18(27)12-17/h4-9,12-13,16,24H,10-11H2,1-3H3,(H,29,33)/t24-/m0/s1. The molecule has 0 unspecified atom stereocenters. The summed E-state index contributed by atoms with van der Waals surface area (Å²) in [7, 11) is 1.73. The zero-order valence-electron chi connectivity index (χ0n) is 19.1. The molecule has 8 heteroatoms. The van der Waals surface area contributed by atoms with Gasteiger partial charge in [-0.25, -0.2) is 8.78 Å². The van der Waals surface area contributed by atoms with Gasteiger partial charge in [-0.05, 0) is 56.4 Å². The zero-order valence-corrected chi connectivity index (χ0v) is 19.1. The Morgan fingerprint density at radius 1 is 1.15 bits per heavy atom. The van der Waals surface area contributed by atoms with Crippen molar-refractivity contribution < 1.29 is 13.6 Å². The highest BCUT2D eigenvalue weighted by Crippen LogP contribution is 2.41. The summed E-state index contributed by atoms with van der Waals surface area (Å²) in [4.78, 5) is 27.1. The maximum atomic E-state index is 14.9. The van der Waals surface area contributed by atoms with Crippen molar-refractivity contribution in [2.75, 3.05) is 0 Å². The predicted octanol–water partition coefficient (Wildman–Crippen LogP) is 4.50. The van der Waals surface area contributed by atoms with Crippen LogP contribution in [0.3, 0.4) is 0 Å². The van der Waals surface area contributed by atoms with Crippen molar-refractivity contribution in [3.63, 3.8) is 0 Å². The Bertz CT molecular complexity index is 1500. The molecule has 1 aliphatic carbocycles. The van der Waals surface area contributed by atoms with E-state index in [4.69, 9.17) is 0 Å². The Hall–Kier alpha value is -3.81. The minimum absolute atomic E-state index is 0.157. The molecular weight excluding hydrogens is 438 g/mol. The molecule has 1 aliphatic rings. The Kier molecular flexibility index (Phi) is 5.31. The number of fused-ring (bicyclic) bond motifs is 1. The molecule has 4 aromatic rings. The van der Waals surface area contributed by atoms with Crippen LogP contribution >= 0.6 is 0 Å². The van der Waals surface area contributed by atoms with Crippen molar-refractivity contribution in [1.29, 1.82) is 0 Å². The molecule has 1 N–H and O–H groups in total. The molecule has 1 fully saturated rings. The number of amides is 1. The van der Waals surface area contributed by atoms with E-state index in [-0.39, 0.29) is 34.1 Å². The number of aryl methyl sites for hydroxylation is 2. The molecule has 1 atom stereocenters. The van der Waals surface area contributed by atoms with Crippen LogP contribution in [0, 0.1) is 31.4 Å². The predicted molar refractivity (Wildman–Crippen MR) is 125 cm³/mol. The molecule has 0 spiro atoms. The van der Waals surface area contributed by atoms with Crippen LogP contribution in [-0.2, 0) is 7.05 Å². The van der Waals surface area contributed by atoms with Crippen LogP contribution in [-0.4, -0.2) is 20.3 Å². The lowest BCUT2D eigenvalue weighted by molar-refractivity contribution is 0.0932. The molecule has 2 heterocycles. The summed E-state index contributed by atoms with van der Waals surface area (Å²) < 4.78 is 31.7. The van der Waals surface area contributed by atoms with Gasteiger partial charge in [0.2, 0.25) is 0 Å². The fraction of sp³-hybridized carbons (Fsp3) is 0.269. The molecule has 0 saturated heterocycles. The second-order valence-corrected chi connectivity index (χ2v) is 8.88. The zero-order chi connectivity index (χ0) is 24.1. The largest absolute Gasteiger partial charge is 0.345 e. The molecule has 0 bridgehead atoms. The van der Waals surface area contributed by atoms with Crippen LogP contribution in [0.15, 0.2) is 53.5 Å². The van der Waals surface area contributed by atoms with Gasteiger partial charge in [-0.3, -0.25) is 18.8 Å². The summed E-state index contributed by atoms with van der Waals surface area (Å²) in [5.74, 6) is -1.32. The van der Waals surface area contributed by atoms with Gasteiger partial charge < -0.3 is 5.32 Å². The normalized spacial score (nSPS) is 14.4. The number of carbonyl (C=O) groups is 1. The van der Waals surface area contributed by atoms with E-state index in [0.29, 0.717) is 22.6 Å². The summed E-state index contributed by atoms with van der Waals surface area (Å²) in [6.07, 6.45) is 3.51. The van der Waals surface area contributed by atoms with Gasteiger partial charge in [-0.2, -0.15) is 5.10 Å². The molecule has 0 radical (unpaired) electrons. The van der Waals surface area contributed by atoms with Crippen LogP contribution in [0.5, 0.6) is 0 Å². The lowest BCUT2D eigenvalue weighted by Gasteiger charge is -2.22. The number of hydrogen-bond acceptors (Lipinski definition) is 3. The second kappa shape index (κ2) is 8.20. The van der Waals surface area contributed by atoms with Crippen LogP contribution in [0.1, 0.15) is 46.2 Å². The fourth-order valence-electron chi connectivity index (χ4n) is 4.72. The highest BCUT2D eigenvalue weighted by atomic mass is 19.1. The van der Waals surface area contributed by atoms with Gasteiger partial charge in [0.15, 0.2) is 0 Å². The molecule has 6 nitrogen and oxygen atoms in total. The van der Waals surface area contributed by atoms with Crippen molar-refractivity contribution in [2.45, 2.75) is 32.7 Å². The molecule has 5 rings (SSSR count). The number of aromatic nitrogens is 3. The molecule has 2 aromatic carbocycles. The van der Waals surface area contributed by atoms with Gasteiger partial charge in [-0.1, -0.05) is 24.3 Å². The topological polar surface area (TPSA) is 68.9 Å². The number of carbonyl (C=O) groups excluding carboxylic acids is 1. The lowest BCUT2D eigenvalue weighted by Crippen LogP contribution is -2.33. The van der Waals surface area contributed by atoms with Crippen molar-refractivity contribution in [1.82, 2.24) is 19.7 Å². The van der Waals surface area contributed by atoms with Gasteiger partial charge in [0.25, 0.3) is 11.5 Å². The highest BCUT2D eigenvalue weighted by Gasteiger charge is 2.35. The Morgan fingerprint density at radius 2 is 1.88 bits per heavy atom. The third-order valence-corrected chi connectivity index (χ3v) is 6.44. The molecule has 0 aliphatic heterocycles. The summed E-state index contributed by atoms with van der Waals surface area (Å²) in [5, 5.41) is 7.43. The van der Waals surface area contributed by atoms with Crippen LogP contribution in [0.2, 0.25) is 0 Å². The maximum Gasteiger partial charge on any atom is 0.266 e. The lowest BCUT2D eigenvalue weighted by atomic mass is 9.99. The minimum Gasteiger partial charge on any atom is -0.345 e. The minimum atomic E-state index is -0.698. The van der Waals surface area contributed by atoms with Gasteiger partial charge >= 0.3 is 0 Å². The first-order valence-corrected chi connectivity index (χ1v) is 11.2. The Balaban J connectivity index is 1.70. The third kappa shape index (κ3) is 3.69. The Morgan fingerprint density at radius 3 is 2.53 bits per heavy atom. The van der Waals surface area contributed by atoms with Crippen molar-refractivity contribution in [2.24, 2.45) is 13.0 Å². The number of rotatable bonds is 5. The molecule has 174 valence electrons. The van der Waals surface area contributed by atoms with E-state index in [1.165, 1.54) is 28.8 Å². The van der Waals surface area contributed by atoms with E-state index in [2.05, 4.69) is 10.4 Å². The first-order valence-electron chi connectivity index (χ1n) is 11.2. The molecule has 1 amide bonds. The third-order valence-electron chi connectivity index (χ3n) is 6.44. The van der Waals surface area contributed by atoms with Gasteiger partial charge in [0, 0.05) is 24.3 Å². The first kappa shape index (κ1) is 22.0. The summed E-state index contributed by atoms with van der Waals surface area (Å²) in [6, 6.07) is 10.1. The van der Waals surface area contributed by atoms with Gasteiger partial charge in [-0.15, -0.1) is 0 Å². The molecule has 2 aromatic heterocycles.